The highest BCUT2D eigenvalue weighted by Crippen LogP contribution is 2.52. The molecule has 0 amide bonds. The molecule has 1 aliphatic carbocycles. The first-order valence-corrected chi connectivity index (χ1v) is 26.4. The van der Waals surface area contributed by atoms with Crippen LogP contribution in [0, 0.1) is 33.6 Å². The maximum atomic E-state index is 4.44. The molecule has 0 bridgehead atoms. The van der Waals surface area contributed by atoms with Crippen molar-refractivity contribution in [2.24, 2.45) is 5.92 Å². The van der Waals surface area contributed by atoms with Crippen LogP contribution in [0.5, 0.6) is 0 Å². The van der Waals surface area contributed by atoms with Crippen LogP contribution in [-0.4, -0.2) is 0 Å². The predicted octanol–water partition coefficient (Wildman–Crippen LogP) is 19.8. The van der Waals surface area contributed by atoms with E-state index in [9.17, 15) is 0 Å². The molecular weight excluding hydrogens is 893 g/mol. The summed E-state index contributed by atoms with van der Waals surface area (Å²) in [4.78, 5) is 5.28. The van der Waals surface area contributed by atoms with Gasteiger partial charge in [0, 0.05) is 28.1 Å². The van der Waals surface area contributed by atoms with Gasteiger partial charge in [-0.1, -0.05) is 216 Å². The number of benzene rings is 10. The first kappa shape index (κ1) is 48.1. The molecule has 0 spiro atoms. The number of allylic oxidation sites excluding steroid dienone is 2. The van der Waals surface area contributed by atoms with Crippen molar-refractivity contribution in [1.82, 2.24) is 0 Å². The van der Waals surface area contributed by atoms with E-state index in [1.807, 2.05) is 6.08 Å². The highest BCUT2D eigenvalue weighted by atomic mass is 15.2. The molecule has 1 aliphatic rings. The number of nitrogens with zero attached hydrogens (tertiary/aromatic N) is 2. The van der Waals surface area contributed by atoms with Gasteiger partial charge in [-0.05, 0) is 176 Å². The fourth-order valence-electron chi connectivity index (χ4n) is 11.7. The average Bonchev–Trinajstić information content (AvgIpc) is 3.44. The van der Waals surface area contributed by atoms with Crippen LogP contribution >= 0.6 is 0 Å². The Kier molecular flexibility index (Phi) is 12.8. The molecular formula is C72H66N2. The van der Waals surface area contributed by atoms with E-state index < -0.39 is 0 Å². The molecule has 0 fully saturated rings. The van der Waals surface area contributed by atoms with Gasteiger partial charge in [-0.15, -0.1) is 0 Å². The van der Waals surface area contributed by atoms with Crippen molar-refractivity contribution in [2.75, 3.05) is 9.80 Å². The minimum atomic E-state index is -0.0137. The summed E-state index contributed by atoms with van der Waals surface area (Å²) < 4.78 is 0. The summed E-state index contributed by atoms with van der Waals surface area (Å²) in [6.07, 6.45) is 2.76. The van der Waals surface area contributed by atoms with Gasteiger partial charge in [0.25, 0.3) is 0 Å². The van der Waals surface area contributed by atoms with E-state index in [1.165, 1.54) is 116 Å². The van der Waals surface area contributed by atoms with Crippen LogP contribution in [0.1, 0.15) is 85.0 Å². The van der Waals surface area contributed by atoms with Crippen molar-refractivity contribution in [3.8, 4) is 33.4 Å². The minimum Gasteiger partial charge on any atom is -0.333 e. The molecule has 1 atom stereocenters. The summed E-state index contributed by atoms with van der Waals surface area (Å²) in [5, 5.41) is 6.62. The molecule has 0 saturated heterocycles. The summed E-state index contributed by atoms with van der Waals surface area (Å²) >= 11 is 0. The SMILES string of the molecule is C=CC(=C)c1ccc(C)c(N(c2cc(-c3ccccc3)ccc2C)c2cc(C(C)C)c3ccc4c5c(ccc2c35)=C(C(C)C)CC4N(c2cc(-c3ccccc3)ccc2C)c2cc(-c3ccccc3)ccc2C)c1. The van der Waals surface area contributed by atoms with Crippen molar-refractivity contribution in [3.63, 3.8) is 0 Å². The second-order valence-corrected chi connectivity index (χ2v) is 21.2. The third-order valence-corrected chi connectivity index (χ3v) is 15.8. The normalized spacial score (nSPS) is 13.3. The zero-order valence-electron chi connectivity index (χ0n) is 44.3. The molecule has 2 nitrogen and oxygen atoms in total. The zero-order valence-corrected chi connectivity index (χ0v) is 44.3. The summed E-state index contributed by atoms with van der Waals surface area (Å²) in [5.41, 5.74) is 24.1. The van der Waals surface area contributed by atoms with E-state index >= 15 is 0 Å². The Labute approximate surface area is 439 Å². The molecule has 11 rings (SSSR count). The molecule has 364 valence electrons. The molecule has 0 radical (unpaired) electrons. The van der Waals surface area contributed by atoms with E-state index in [0.29, 0.717) is 5.92 Å². The molecule has 0 heterocycles. The fraction of sp³-hybridized carbons (Fsp3) is 0.167. The van der Waals surface area contributed by atoms with Gasteiger partial charge < -0.3 is 9.80 Å². The summed E-state index contributed by atoms with van der Waals surface area (Å²) in [6.45, 7) is 27.2. The van der Waals surface area contributed by atoms with Crippen molar-refractivity contribution in [3.05, 3.63) is 258 Å². The minimum absolute atomic E-state index is 0.0137. The van der Waals surface area contributed by atoms with Gasteiger partial charge in [-0.2, -0.15) is 0 Å². The number of rotatable bonds is 13. The Balaban J connectivity index is 1.23. The van der Waals surface area contributed by atoms with Gasteiger partial charge in [0.2, 0.25) is 0 Å². The average molecular weight is 959 g/mol. The van der Waals surface area contributed by atoms with Crippen molar-refractivity contribution in [1.29, 1.82) is 0 Å². The Morgan fingerprint density at radius 2 is 0.932 bits per heavy atom. The first-order valence-electron chi connectivity index (χ1n) is 26.4. The van der Waals surface area contributed by atoms with Gasteiger partial charge in [-0.3, -0.25) is 0 Å². The lowest BCUT2D eigenvalue weighted by atomic mass is 9.78. The van der Waals surface area contributed by atoms with E-state index in [4.69, 9.17) is 0 Å². The van der Waals surface area contributed by atoms with Crippen molar-refractivity contribution < 1.29 is 0 Å². The standard InChI is InChI=1S/C72H66N2/c1-11-47(6)55-31-27-48(7)65(39-55)73(66-40-56(32-28-49(66)8)52-21-15-12-16-22-52)69-43-63(45(2)3)59-36-38-62-70(44-64(46(4)5)60-35-37-61(69)71(59)72(60)62)74(67-41-57(33-29-50(67)9)53-23-17-13-18-24-53)68-42-58(34-30-51(68)10)54-25-19-14-20-26-54/h11-43,45-46,70H,1,6,44H2,2-5,7-10H3. The molecule has 0 saturated carbocycles. The fourth-order valence-corrected chi connectivity index (χ4v) is 11.7. The van der Waals surface area contributed by atoms with E-state index in [2.05, 4.69) is 272 Å². The number of aryl methyl sites for hydroxylation is 4. The number of hydrogen-bond donors (Lipinski definition) is 0. The molecule has 10 aromatic carbocycles. The van der Waals surface area contributed by atoms with Crippen molar-refractivity contribution in [2.45, 2.75) is 73.8 Å². The van der Waals surface area contributed by atoms with Crippen LogP contribution in [0.15, 0.2) is 213 Å². The Morgan fingerprint density at radius 1 is 0.459 bits per heavy atom. The van der Waals surface area contributed by atoms with Gasteiger partial charge >= 0.3 is 0 Å². The highest BCUT2D eigenvalue weighted by Gasteiger charge is 2.34. The lowest BCUT2D eigenvalue weighted by Gasteiger charge is -2.40. The smallest absolute Gasteiger partial charge is 0.0635 e. The van der Waals surface area contributed by atoms with E-state index in [0.717, 1.165) is 28.9 Å². The maximum absolute atomic E-state index is 4.44. The number of hydrogen-bond acceptors (Lipinski definition) is 2. The molecule has 10 aromatic rings. The zero-order chi connectivity index (χ0) is 51.4. The molecule has 1 unspecified atom stereocenters. The Hall–Kier alpha value is -8.20. The lowest BCUT2D eigenvalue weighted by Crippen LogP contribution is -2.32. The second-order valence-electron chi connectivity index (χ2n) is 21.2. The van der Waals surface area contributed by atoms with Gasteiger partial charge in [0.1, 0.15) is 0 Å². The van der Waals surface area contributed by atoms with Crippen molar-refractivity contribution >= 4 is 61.1 Å². The largest absolute Gasteiger partial charge is 0.333 e. The summed E-state index contributed by atoms with van der Waals surface area (Å²) in [6, 6.07) is 72.7. The van der Waals surface area contributed by atoms with Crippen LogP contribution in [0.4, 0.5) is 28.4 Å². The Bertz CT molecular complexity index is 3750. The molecule has 0 N–H and O–H groups in total. The Morgan fingerprint density at radius 3 is 1.43 bits per heavy atom. The second kappa shape index (κ2) is 19.7. The lowest BCUT2D eigenvalue weighted by molar-refractivity contribution is 0.670. The third kappa shape index (κ3) is 8.52. The van der Waals surface area contributed by atoms with Crippen LogP contribution in [0.3, 0.4) is 0 Å². The molecule has 74 heavy (non-hydrogen) atoms. The van der Waals surface area contributed by atoms with Gasteiger partial charge in [0.15, 0.2) is 0 Å². The predicted molar refractivity (Wildman–Crippen MR) is 321 cm³/mol. The topological polar surface area (TPSA) is 6.48 Å². The van der Waals surface area contributed by atoms with Crippen LogP contribution in [0.2, 0.25) is 0 Å². The summed E-state index contributed by atoms with van der Waals surface area (Å²) in [7, 11) is 0. The van der Waals surface area contributed by atoms with Crippen LogP contribution in [0.25, 0.3) is 66.1 Å². The molecule has 0 aromatic heterocycles. The monoisotopic (exact) mass is 959 g/mol. The van der Waals surface area contributed by atoms with E-state index in [1.54, 1.807) is 0 Å². The molecule has 2 heteroatoms. The third-order valence-electron chi connectivity index (χ3n) is 15.8. The maximum Gasteiger partial charge on any atom is 0.0635 e. The van der Waals surface area contributed by atoms with Gasteiger partial charge in [0.05, 0.1) is 11.7 Å². The number of anilines is 5. The highest BCUT2D eigenvalue weighted by molar-refractivity contribution is 6.19. The van der Waals surface area contributed by atoms with Gasteiger partial charge in [-0.25, -0.2) is 0 Å². The quantitative estimate of drug-likeness (QED) is 0.106. The van der Waals surface area contributed by atoms with E-state index in [-0.39, 0.29) is 12.0 Å². The first-order chi connectivity index (χ1) is 35.9. The summed E-state index contributed by atoms with van der Waals surface area (Å²) in [5.74, 6) is 0.561. The molecule has 0 aliphatic heterocycles. The van der Waals surface area contributed by atoms with Crippen LogP contribution < -0.4 is 15.0 Å². The van der Waals surface area contributed by atoms with Crippen LogP contribution in [-0.2, 0) is 0 Å².